The minimum absolute atomic E-state index is 0.291. The molecule has 1 unspecified atom stereocenters. The number of hydrogen-bond acceptors (Lipinski definition) is 4. The summed E-state index contributed by atoms with van der Waals surface area (Å²) in [7, 11) is 0. The Morgan fingerprint density at radius 2 is 1.55 bits per heavy atom. The molecule has 3 aliphatic carbocycles. The Labute approximate surface area is 117 Å². The van der Waals surface area contributed by atoms with Gasteiger partial charge in [0, 0.05) is 0 Å². The van der Waals surface area contributed by atoms with Crippen molar-refractivity contribution in [2.75, 3.05) is 0 Å². The summed E-state index contributed by atoms with van der Waals surface area (Å²) >= 11 is 0. The molecule has 0 radical (unpaired) electrons. The van der Waals surface area contributed by atoms with E-state index in [2.05, 4.69) is 0 Å². The summed E-state index contributed by atoms with van der Waals surface area (Å²) in [6.45, 7) is 0. The molecule has 6 rings (SSSR count). The largest absolute Gasteiger partial charge is 0.455 e. The van der Waals surface area contributed by atoms with Gasteiger partial charge >= 0.3 is 11.9 Å². The minimum Gasteiger partial charge on any atom is -0.455 e. The van der Waals surface area contributed by atoms with E-state index in [4.69, 9.17) is 9.47 Å². The number of hydrogen-bond donors (Lipinski definition) is 0. The van der Waals surface area contributed by atoms with E-state index in [1.807, 2.05) is 0 Å². The highest BCUT2D eigenvalue weighted by molar-refractivity contribution is 5.94. The second-order valence-corrected chi connectivity index (χ2v) is 6.10. The van der Waals surface area contributed by atoms with Gasteiger partial charge in [-0.1, -0.05) is 0 Å². The van der Waals surface area contributed by atoms with Crippen molar-refractivity contribution in [1.29, 1.82) is 0 Å². The van der Waals surface area contributed by atoms with Gasteiger partial charge in [0.2, 0.25) is 0 Å². The highest BCUT2D eigenvalue weighted by atomic mass is 16.6. The lowest BCUT2D eigenvalue weighted by molar-refractivity contribution is -0.153. The topological polar surface area (TPSA) is 52.6 Å². The van der Waals surface area contributed by atoms with Crippen LogP contribution < -0.4 is 0 Å². The van der Waals surface area contributed by atoms with Crippen LogP contribution in [0, 0.1) is 5.92 Å². The third-order valence-corrected chi connectivity index (χ3v) is 4.99. The first-order valence-corrected chi connectivity index (χ1v) is 7.21. The number of carbonyl (C=O) groups excluding carboxylic acids is 2. The highest BCUT2D eigenvalue weighted by Crippen LogP contribution is 2.48. The van der Waals surface area contributed by atoms with Gasteiger partial charge < -0.3 is 9.47 Å². The first kappa shape index (κ1) is 11.9. The molecule has 2 aliphatic heterocycles. The molecule has 4 bridgehead atoms. The average molecular weight is 272 g/mol. The van der Waals surface area contributed by atoms with Crippen LogP contribution in [0.2, 0.25) is 0 Å². The van der Waals surface area contributed by atoms with Crippen LogP contribution in [0.25, 0.3) is 0 Å². The van der Waals surface area contributed by atoms with Crippen LogP contribution in [0.15, 0.2) is 24.3 Å². The summed E-state index contributed by atoms with van der Waals surface area (Å²) in [4.78, 5) is 24.5. The quantitative estimate of drug-likeness (QED) is 0.681. The van der Waals surface area contributed by atoms with Crippen molar-refractivity contribution >= 4 is 11.9 Å². The van der Waals surface area contributed by atoms with E-state index in [9.17, 15) is 9.59 Å². The third kappa shape index (κ3) is 1.67. The van der Waals surface area contributed by atoms with Crippen LogP contribution in [0.3, 0.4) is 0 Å². The summed E-state index contributed by atoms with van der Waals surface area (Å²) in [5.41, 5.74) is 0.401. The van der Waals surface area contributed by atoms with E-state index in [1.165, 1.54) is 0 Å². The maximum absolute atomic E-state index is 12.3. The molecule has 0 saturated heterocycles. The van der Waals surface area contributed by atoms with E-state index in [1.54, 1.807) is 24.3 Å². The lowest BCUT2D eigenvalue weighted by atomic mass is 9.65. The number of fused-ring (bicyclic) bond motifs is 6. The SMILES string of the molecule is O=C1OC2CC3CCC2(CC3)OC(=O)c2ccc1cc2. The van der Waals surface area contributed by atoms with E-state index in [0.29, 0.717) is 17.0 Å². The number of benzene rings is 1. The molecule has 4 heteroatoms. The molecular weight excluding hydrogens is 256 g/mol. The van der Waals surface area contributed by atoms with E-state index in [-0.39, 0.29) is 18.0 Å². The Balaban J connectivity index is 1.79. The Morgan fingerprint density at radius 1 is 0.950 bits per heavy atom. The summed E-state index contributed by atoms with van der Waals surface area (Å²) in [5, 5.41) is 0. The van der Waals surface area contributed by atoms with Crippen molar-refractivity contribution in [2.45, 2.75) is 43.8 Å². The van der Waals surface area contributed by atoms with Crippen LogP contribution in [-0.2, 0) is 9.47 Å². The van der Waals surface area contributed by atoms with Crippen molar-refractivity contribution in [3.8, 4) is 0 Å². The molecule has 1 spiro atoms. The molecule has 2 heterocycles. The zero-order valence-electron chi connectivity index (χ0n) is 11.1. The predicted octanol–water partition coefficient (Wildman–Crippen LogP) is 2.72. The molecule has 5 aliphatic rings. The van der Waals surface area contributed by atoms with Gasteiger partial charge in [-0.3, -0.25) is 0 Å². The monoisotopic (exact) mass is 272 g/mol. The fraction of sp³-hybridized carbons (Fsp3) is 0.500. The molecule has 0 amide bonds. The van der Waals surface area contributed by atoms with E-state index in [0.717, 1.165) is 32.1 Å². The Hall–Kier alpha value is -1.84. The van der Waals surface area contributed by atoms with Crippen LogP contribution in [-0.4, -0.2) is 23.6 Å². The second-order valence-electron chi connectivity index (χ2n) is 6.10. The first-order chi connectivity index (χ1) is 9.66. The standard InChI is InChI=1S/C16H16O4/c17-14-11-1-3-12(4-2-11)15(18)20-16-7-5-10(6-8-16)9-13(16)19-14/h1-4,10,13H,5-9H2. The Bertz CT molecular complexity index is 567. The molecule has 1 aromatic carbocycles. The molecule has 20 heavy (non-hydrogen) atoms. The van der Waals surface area contributed by atoms with Crippen LogP contribution in [0.1, 0.15) is 52.8 Å². The van der Waals surface area contributed by atoms with Gasteiger partial charge in [0.1, 0.15) is 11.7 Å². The smallest absolute Gasteiger partial charge is 0.338 e. The van der Waals surface area contributed by atoms with E-state index >= 15 is 0 Å². The summed E-state index contributed by atoms with van der Waals surface area (Å²) < 4.78 is 11.5. The number of carbonyl (C=O) groups is 2. The summed E-state index contributed by atoms with van der Waals surface area (Å²) in [6, 6.07) is 6.50. The van der Waals surface area contributed by atoms with Gasteiger partial charge in [-0.15, -0.1) is 0 Å². The van der Waals surface area contributed by atoms with Gasteiger partial charge in [0.05, 0.1) is 11.1 Å². The van der Waals surface area contributed by atoms with Crippen LogP contribution in [0.5, 0.6) is 0 Å². The maximum Gasteiger partial charge on any atom is 0.338 e. The molecule has 0 aromatic heterocycles. The molecule has 1 aromatic rings. The van der Waals surface area contributed by atoms with Crippen molar-refractivity contribution in [2.24, 2.45) is 5.92 Å². The third-order valence-electron chi connectivity index (χ3n) is 4.99. The van der Waals surface area contributed by atoms with E-state index < -0.39 is 5.60 Å². The van der Waals surface area contributed by atoms with Gasteiger partial charge in [-0.25, -0.2) is 9.59 Å². The lowest BCUT2D eigenvalue weighted by Gasteiger charge is -2.50. The van der Waals surface area contributed by atoms with Gasteiger partial charge in [0.15, 0.2) is 0 Å². The normalized spacial score (nSPS) is 35.2. The number of ether oxygens (including phenoxy) is 2. The molecule has 3 saturated carbocycles. The number of rotatable bonds is 0. The molecule has 4 nitrogen and oxygen atoms in total. The maximum atomic E-state index is 12.3. The van der Waals surface area contributed by atoms with Crippen molar-refractivity contribution in [3.63, 3.8) is 0 Å². The van der Waals surface area contributed by atoms with Gasteiger partial charge in [-0.05, 0) is 62.3 Å². The fourth-order valence-corrected chi connectivity index (χ4v) is 3.75. The van der Waals surface area contributed by atoms with Crippen LogP contribution >= 0.6 is 0 Å². The highest BCUT2D eigenvalue weighted by Gasteiger charge is 2.53. The van der Waals surface area contributed by atoms with Gasteiger partial charge in [0.25, 0.3) is 0 Å². The minimum atomic E-state index is -0.603. The van der Waals surface area contributed by atoms with Crippen LogP contribution in [0.4, 0.5) is 0 Å². The molecule has 3 fully saturated rings. The van der Waals surface area contributed by atoms with Gasteiger partial charge in [-0.2, -0.15) is 0 Å². The molecule has 104 valence electrons. The summed E-state index contributed by atoms with van der Waals surface area (Å²) in [5.74, 6) is -0.0245. The zero-order chi connectivity index (χ0) is 13.7. The lowest BCUT2D eigenvalue weighted by Crippen LogP contribution is -2.56. The predicted molar refractivity (Wildman–Crippen MR) is 70.4 cm³/mol. The average Bonchev–Trinajstić information content (AvgIpc) is 2.48. The van der Waals surface area contributed by atoms with Crippen molar-refractivity contribution < 1.29 is 19.1 Å². The second kappa shape index (κ2) is 4.08. The zero-order valence-corrected chi connectivity index (χ0v) is 11.1. The molecule has 1 atom stereocenters. The number of esters is 2. The first-order valence-electron chi connectivity index (χ1n) is 7.21. The van der Waals surface area contributed by atoms with Crippen molar-refractivity contribution in [1.82, 2.24) is 0 Å². The molecule has 0 N–H and O–H groups in total. The van der Waals surface area contributed by atoms with Crippen molar-refractivity contribution in [3.05, 3.63) is 35.4 Å². The Kier molecular flexibility index (Phi) is 2.43. The fourth-order valence-electron chi connectivity index (χ4n) is 3.75. The molecular formula is C16H16O4. The summed E-state index contributed by atoms with van der Waals surface area (Å²) in [6.07, 6.45) is 4.24. The Morgan fingerprint density at radius 3 is 2.20 bits per heavy atom.